The molecular weight excluding hydrogens is 649 g/mol. The lowest BCUT2D eigenvalue weighted by molar-refractivity contribution is 0.566. The predicted octanol–water partition coefficient (Wildman–Crippen LogP) is 17.1. The Balaban J connectivity index is 0.000000365. The molecule has 0 aromatic heterocycles. The van der Waals surface area contributed by atoms with Crippen LogP contribution in [0.5, 0.6) is 0 Å². The fourth-order valence-electron chi connectivity index (χ4n) is 7.39. The molecule has 0 saturated carbocycles. The van der Waals surface area contributed by atoms with Gasteiger partial charge in [0.25, 0.3) is 0 Å². The van der Waals surface area contributed by atoms with Crippen LogP contribution in [0.1, 0.15) is 218 Å². The Morgan fingerprint density at radius 2 is 0.759 bits per heavy atom. The van der Waals surface area contributed by atoms with Crippen molar-refractivity contribution in [2.75, 3.05) is 0 Å². The van der Waals surface area contributed by atoms with Gasteiger partial charge >= 0.3 is 0 Å². The van der Waals surface area contributed by atoms with Crippen LogP contribution in [0.25, 0.3) is 0 Å². The first-order valence-corrected chi connectivity index (χ1v) is 21.0. The minimum Gasteiger partial charge on any atom is -0.0617 e. The summed E-state index contributed by atoms with van der Waals surface area (Å²) in [7, 11) is 0. The molecule has 0 atom stereocenters. The summed E-state index contributed by atoms with van der Waals surface area (Å²) in [6.07, 6.45) is 0. The molecular formula is C54H84. The van der Waals surface area contributed by atoms with Gasteiger partial charge in [-0.25, -0.2) is 0 Å². The molecule has 0 spiro atoms. The highest BCUT2D eigenvalue weighted by atomic mass is 14.3. The lowest BCUT2D eigenvalue weighted by Gasteiger charge is -2.26. The van der Waals surface area contributed by atoms with Crippen LogP contribution >= 0.6 is 0 Å². The number of benzene rings is 4. The number of hydrogen-bond donors (Lipinski definition) is 0. The third-order valence-electron chi connectivity index (χ3n) is 11.1. The number of aryl methyl sites for hydroxylation is 4. The van der Waals surface area contributed by atoms with Crippen LogP contribution in [-0.2, 0) is 10.8 Å². The van der Waals surface area contributed by atoms with Crippen LogP contribution in [0.3, 0.4) is 0 Å². The van der Waals surface area contributed by atoms with E-state index in [1.54, 1.807) is 0 Å². The van der Waals surface area contributed by atoms with E-state index in [2.05, 4.69) is 220 Å². The van der Waals surface area contributed by atoms with Gasteiger partial charge in [-0.05, 0) is 161 Å². The van der Waals surface area contributed by atoms with Gasteiger partial charge in [0.05, 0.1) is 0 Å². The van der Waals surface area contributed by atoms with E-state index in [0.717, 1.165) is 0 Å². The van der Waals surface area contributed by atoms with Crippen LogP contribution in [0.15, 0.2) is 60.7 Å². The number of rotatable bonds is 5. The van der Waals surface area contributed by atoms with Crippen molar-refractivity contribution >= 4 is 0 Å². The molecule has 0 nitrogen and oxygen atoms in total. The summed E-state index contributed by atoms with van der Waals surface area (Å²) in [6, 6.07) is 22.8. The molecule has 4 aromatic rings. The third kappa shape index (κ3) is 14.5. The van der Waals surface area contributed by atoms with Crippen molar-refractivity contribution in [2.45, 2.75) is 200 Å². The Kier molecular flexibility index (Phi) is 18.7. The molecule has 4 rings (SSSR count). The maximum absolute atomic E-state index is 2.40. The van der Waals surface area contributed by atoms with E-state index in [1.807, 2.05) is 0 Å². The molecule has 54 heavy (non-hydrogen) atoms. The first-order chi connectivity index (χ1) is 24.6. The smallest absolute Gasteiger partial charge is 0.0129 e. The topological polar surface area (TPSA) is 0 Å². The van der Waals surface area contributed by atoms with Crippen LogP contribution in [0.4, 0.5) is 0 Å². The summed E-state index contributed by atoms with van der Waals surface area (Å²) in [5, 5.41) is 0. The fourth-order valence-corrected chi connectivity index (χ4v) is 7.39. The molecule has 0 aliphatic carbocycles. The average molecular weight is 733 g/mol. The highest BCUT2D eigenvalue weighted by molar-refractivity contribution is 5.43. The van der Waals surface area contributed by atoms with Gasteiger partial charge in [0.1, 0.15) is 0 Å². The fraction of sp³-hybridized carbons (Fsp3) is 0.556. The van der Waals surface area contributed by atoms with Crippen molar-refractivity contribution in [3.63, 3.8) is 0 Å². The molecule has 0 unspecified atom stereocenters. The zero-order chi connectivity index (χ0) is 42.0. The van der Waals surface area contributed by atoms with Crippen LogP contribution in [0.2, 0.25) is 0 Å². The van der Waals surface area contributed by atoms with E-state index in [0.29, 0.717) is 29.6 Å². The van der Waals surface area contributed by atoms with Crippen molar-refractivity contribution in [3.05, 3.63) is 139 Å². The second kappa shape index (κ2) is 20.7. The first-order valence-electron chi connectivity index (χ1n) is 21.0. The van der Waals surface area contributed by atoms with E-state index >= 15 is 0 Å². The average Bonchev–Trinajstić information content (AvgIpc) is 3.03. The lowest BCUT2D eigenvalue weighted by atomic mass is 9.79. The largest absolute Gasteiger partial charge is 0.0617 e. The number of hydrogen-bond acceptors (Lipinski definition) is 0. The third-order valence-corrected chi connectivity index (χ3v) is 11.1. The summed E-state index contributed by atoms with van der Waals surface area (Å²) in [6.45, 7) is 51.7. The second-order valence-corrected chi connectivity index (χ2v) is 19.7. The summed E-state index contributed by atoms with van der Waals surface area (Å²) in [5.41, 5.74) is 20.9. The van der Waals surface area contributed by atoms with Crippen molar-refractivity contribution in [1.82, 2.24) is 0 Å². The van der Waals surface area contributed by atoms with Gasteiger partial charge in [-0.1, -0.05) is 177 Å². The minimum atomic E-state index is 0.241. The second-order valence-electron chi connectivity index (χ2n) is 19.7. The summed E-state index contributed by atoms with van der Waals surface area (Å²) in [4.78, 5) is 0. The summed E-state index contributed by atoms with van der Waals surface area (Å²) in [5.74, 6) is 3.14. The molecule has 0 amide bonds. The van der Waals surface area contributed by atoms with Crippen molar-refractivity contribution in [1.29, 1.82) is 0 Å². The molecule has 4 aromatic carbocycles. The summed E-state index contributed by atoms with van der Waals surface area (Å²) >= 11 is 0. The Labute approximate surface area is 337 Å². The quantitative estimate of drug-likeness (QED) is 0.192. The van der Waals surface area contributed by atoms with Gasteiger partial charge in [0.2, 0.25) is 0 Å². The minimum absolute atomic E-state index is 0.241. The molecule has 0 heterocycles. The zero-order valence-electron chi connectivity index (χ0n) is 39.7. The molecule has 0 N–H and O–H groups in total. The maximum atomic E-state index is 2.40. The van der Waals surface area contributed by atoms with Crippen molar-refractivity contribution in [2.24, 2.45) is 0 Å². The first kappa shape index (κ1) is 48.9. The van der Waals surface area contributed by atoms with Crippen LogP contribution in [-0.4, -0.2) is 0 Å². The normalized spacial score (nSPS) is 11.7. The van der Waals surface area contributed by atoms with E-state index in [9.17, 15) is 0 Å². The van der Waals surface area contributed by atoms with Gasteiger partial charge in [0.15, 0.2) is 0 Å². The van der Waals surface area contributed by atoms with E-state index in [-0.39, 0.29) is 10.8 Å². The zero-order valence-corrected chi connectivity index (χ0v) is 39.7. The van der Waals surface area contributed by atoms with Gasteiger partial charge in [-0.2, -0.15) is 0 Å². The van der Waals surface area contributed by atoms with E-state index in [1.165, 1.54) is 77.9 Å². The van der Waals surface area contributed by atoms with Crippen LogP contribution < -0.4 is 0 Å². The Bertz CT molecular complexity index is 1680. The molecule has 0 fully saturated rings. The molecule has 0 radical (unpaired) electrons. The predicted molar refractivity (Wildman–Crippen MR) is 247 cm³/mol. The maximum Gasteiger partial charge on any atom is -0.0129 e. The molecule has 300 valence electrons. The highest BCUT2D eigenvalue weighted by Crippen LogP contribution is 2.32. The van der Waals surface area contributed by atoms with Crippen molar-refractivity contribution in [3.8, 4) is 0 Å². The SMILES string of the molecule is Cc1c(C(C)C)cc(C(C)C)cc1C(C)C.Cc1c(C(C)C)cccc1C(C)C.Cc1cc(C)c(C)c(C)c1.Cc1ccc(C(C)(C)C)cc1C(C)(C)C. The Hall–Kier alpha value is -3.12. The standard InChI is InChI=1S/C16H26.C15H24.C13H20.C10H14/c1-10(2)14-8-15(11(3)4)13(7)16(9-14)12(5)6;1-11-8-9-12(14(2,3)4)10-13(11)15(5,6)7;1-9(2)12-7-6-8-13(10(3)4)11(12)5;1-7-5-8(2)10(4)9(3)6-7/h8-12H,1-7H3;8-10H,1-7H3;6-10H,1-5H3;5-6H,1-4H3. The molecule has 0 heteroatoms. The monoisotopic (exact) mass is 733 g/mol. The Morgan fingerprint density at radius 3 is 1.09 bits per heavy atom. The van der Waals surface area contributed by atoms with Crippen LogP contribution in [0, 0.1) is 48.5 Å². The van der Waals surface area contributed by atoms with Gasteiger partial charge < -0.3 is 0 Å². The van der Waals surface area contributed by atoms with E-state index < -0.39 is 0 Å². The Morgan fingerprint density at radius 1 is 0.370 bits per heavy atom. The molecule has 0 aliphatic heterocycles. The van der Waals surface area contributed by atoms with Crippen molar-refractivity contribution < 1.29 is 0 Å². The van der Waals surface area contributed by atoms with Gasteiger partial charge in [0, 0.05) is 0 Å². The molecule has 0 saturated heterocycles. The lowest BCUT2D eigenvalue weighted by Crippen LogP contribution is -2.17. The van der Waals surface area contributed by atoms with Gasteiger partial charge in [-0.15, -0.1) is 0 Å². The highest BCUT2D eigenvalue weighted by Gasteiger charge is 2.20. The van der Waals surface area contributed by atoms with E-state index in [4.69, 9.17) is 0 Å². The molecule has 0 bridgehead atoms. The van der Waals surface area contributed by atoms with Gasteiger partial charge in [-0.3, -0.25) is 0 Å². The summed E-state index contributed by atoms with van der Waals surface area (Å²) < 4.78 is 0. The molecule has 0 aliphatic rings.